The first-order valence-corrected chi connectivity index (χ1v) is 11.6. The van der Waals surface area contributed by atoms with E-state index in [2.05, 4.69) is 6.42 Å². The van der Waals surface area contributed by atoms with Gasteiger partial charge in [-0.25, -0.2) is 0 Å². The lowest BCUT2D eigenvalue weighted by atomic mass is 10.2. The molecule has 181 valence electrons. The largest absolute Gasteiger partial charge is 0.385 e. The van der Waals surface area contributed by atoms with Gasteiger partial charge in [0, 0.05) is 93.5 Å². The van der Waals surface area contributed by atoms with Crippen molar-refractivity contribution in [3.05, 3.63) is 6.42 Å². The molecule has 0 aromatic heterocycles. The van der Waals surface area contributed by atoms with Gasteiger partial charge in [-0.2, -0.15) is 0 Å². The minimum Gasteiger partial charge on any atom is -0.385 e. The van der Waals surface area contributed by atoms with Gasteiger partial charge in [0.25, 0.3) is 0 Å². The van der Waals surface area contributed by atoms with Crippen LogP contribution in [0.1, 0.15) is 51.4 Å². The first-order chi connectivity index (χ1) is 14.9. The minimum absolute atomic E-state index is 0.752. The van der Waals surface area contributed by atoms with Crippen LogP contribution in [0.3, 0.4) is 0 Å². The molecule has 0 amide bonds. The quantitative estimate of drug-likeness (QED) is 0.182. The lowest BCUT2D eigenvalue weighted by molar-refractivity contribution is 0.0584. The molecule has 0 heterocycles. The molecule has 7 heteroatoms. The SMILES string of the molecule is COCCCOCCCOCCC[CH]CCOCCCOCCCOCCCOC. The fourth-order valence-electron chi connectivity index (χ4n) is 2.55. The first-order valence-electron chi connectivity index (χ1n) is 11.6. The minimum atomic E-state index is 0.752. The van der Waals surface area contributed by atoms with Crippen molar-refractivity contribution < 1.29 is 33.2 Å². The monoisotopic (exact) mass is 435 g/mol. The van der Waals surface area contributed by atoms with Crippen molar-refractivity contribution in [3.63, 3.8) is 0 Å². The maximum absolute atomic E-state index is 5.62. The highest BCUT2D eigenvalue weighted by Crippen LogP contribution is 2.00. The summed E-state index contributed by atoms with van der Waals surface area (Å²) >= 11 is 0. The number of methoxy groups -OCH3 is 2. The van der Waals surface area contributed by atoms with E-state index in [1.807, 2.05) is 0 Å². The molecule has 1 radical (unpaired) electrons. The molecule has 0 fully saturated rings. The Bertz CT molecular complexity index is 265. The molecule has 0 aliphatic rings. The third-order valence-corrected chi connectivity index (χ3v) is 4.17. The van der Waals surface area contributed by atoms with Crippen LogP contribution in [-0.4, -0.2) is 93.5 Å². The van der Waals surface area contributed by atoms with E-state index < -0.39 is 0 Å². The third-order valence-electron chi connectivity index (χ3n) is 4.17. The van der Waals surface area contributed by atoms with E-state index in [-0.39, 0.29) is 0 Å². The van der Waals surface area contributed by atoms with Gasteiger partial charge in [-0.05, 0) is 57.8 Å². The molecule has 0 saturated carbocycles. The highest BCUT2D eigenvalue weighted by Gasteiger charge is 1.95. The van der Waals surface area contributed by atoms with E-state index in [0.717, 1.165) is 131 Å². The predicted molar refractivity (Wildman–Crippen MR) is 119 cm³/mol. The molecular formula is C23H47O7. The van der Waals surface area contributed by atoms with Gasteiger partial charge in [-0.15, -0.1) is 0 Å². The van der Waals surface area contributed by atoms with Crippen molar-refractivity contribution >= 4 is 0 Å². The smallest absolute Gasteiger partial charge is 0.0488 e. The van der Waals surface area contributed by atoms with Crippen LogP contribution in [0.4, 0.5) is 0 Å². The zero-order valence-electron chi connectivity index (χ0n) is 19.6. The standard InChI is InChI=1S/C23H47O7/c1-24-12-7-16-28-20-9-18-26-14-5-3-4-6-15-27-19-10-22-30-23-11-21-29-17-8-13-25-2/h4H,3,5-23H2,1-2H3. The van der Waals surface area contributed by atoms with Crippen molar-refractivity contribution in [2.45, 2.75) is 51.4 Å². The Morgan fingerprint density at radius 2 is 0.700 bits per heavy atom. The fourth-order valence-corrected chi connectivity index (χ4v) is 2.55. The predicted octanol–water partition coefficient (Wildman–Crippen LogP) is 3.69. The zero-order chi connectivity index (χ0) is 21.8. The van der Waals surface area contributed by atoms with Crippen LogP contribution < -0.4 is 0 Å². The first kappa shape index (κ1) is 29.7. The van der Waals surface area contributed by atoms with Gasteiger partial charge in [-0.3, -0.25) is 0 Å². The van der Waals surface area contributed by atoms with Crippen molar-refractivity contribution in [2.24, 2.45) is 0 Å². The lowest BCUT2D eigenvalue weighted by Gasteiger charge is -2.07. The van der Waals surface area contributed by atoms with Crippen molar-refractivity contribution in [1.29, 1.82) is 0 Å². The van der Waals surface area contributed by atoms with Crippen LogP contribution in [0.25, 0.3) is 0 Å². The summed E-state index contributed by atoms with van der Waals surface area (Å²) in [5.41, 5.74) is 0. The highest BCUT2D eigenvalue weighted by atomic mass is 16.5. The summed E-state index contributed by atoms with van der Waals surface area (Å²) in [6.45, 7) is 9.22. The third kappa shape index (κ3) is 27.7. The summed E-state index contributed by atoms with van der Waals surface area (Å²) in [6, 6.07) is 0. The molecule has 30 heavy (non-hydrogen) atoms. The van der Waals surface area contributed by atoms with Crippen molar-refractivity contribution in [2.75, 3.05) is 93.5 Å². The molecule has 0 bridgehead atoms. The zero-order valence-corrected chi connectivity index (χ0v) is 19.6. The molecule has 7 nitrogen and oxygen atoms in total. The second kappa shape index (κ2) is 28.7. The van der Waals surface area contributed by atoms with E-state index in [1.165, 1.54) is 0 Å². The van der Waals surface area contributed by atoms with Gasteiger partial charge < -0.3 is 33.2 Å². The number of rotatable bonds is 27. The number of ether oxygens (including phenoxy) is 7. The Labute approximate surface area is 185 Å². The Hall–Kier alpha value is -0.280. The summed E-state index contributed by atoms with van der Waals surface area (Å²) in [7, 11) is 3.42. The van der Waals surface area contributed by atoms with Crippen molar-refractivity contribution in [3.8, 4) is 0 Å². The van der Waals surface area contributed by atoms with E-state index in [9.17, 15) is 0 Å². The van der Waals surface area contributed by atoms with Crippen LogP contribution in [0.5, 0.6) is 0 Å². The Balaban J connectivity index is 2.97. The molecular weight excluding hydrogens is 388 g/mol. The molecule has 0 N–H and O–H groups in total. The topological polar surface area (TPSA) is 64.6 Å². The lowest BCUT2D eigenvalue weighted by Crippen LogP contribution is -2.06. The molecule has 0 aromatic carbocycles. The van der Waals surface area contributed by atoms with Crippen LogP contribution in [0, 0.1) is 6.42 Å². The fraction of sp³-hybridized carbons (Fsp3) is 0.957. The van der Waals surface area contributed by atoms with Gasteiger partial charge in [-0.1, -0.05) is 0 Å². The van der Waals surface area contributed by atoms with Crippen LogP contribution >= 0.6 is 0 Å². The highest BCUT2D eigenvalue weighted by molar-refractivity contribution is 4.63. The summed E-state index contributed by atoms with van der Waals surface area (Å²) in [4.78, 5) is 0. The molecule has 0 aliphatic carbocycles. The normalized spacial score (nSPS) is 11.4. The summed E-state index contributed by atoms with van der Waals surface area (Å²) < 4.78 is 37.7. The van der Waals surface area contributed by atoms with Gasteiger partial charge >= 0.3 is 0 Å². The van der Waals surface area contributed by atoms with Crippen LogP contribution in [0.15, 0.2) is 0 Å². The molecule has 0 atom stereocenters. The number of hydrogen-bond acceptors (Lipinski definition) is 7. The van der Waals surface area contributed by atoms with Gasteiger partial charge in [0.05, 0.1) is 0 Å². The van der Waals surface area contributed by atoms with Gasteiger partial charge in [0.1, 0.15) is 0 Å². The summed E-state index contributed by atoms with van der Waals surface area (Å²) in [5.74, 6) is 0. The second-order valence-corrected chi connectivity index (χ2v) is 7.03. The van der Waals surface area contributed by atoms with Crippen molar-refractivity contribution in [1.82, 2.24) is 0 Å². The second-order valence-electron chi connectivity index (χ2n) is 7.03. The maximum atomic E-state index is 5.62. The van der Waals surface area contributed by atoms with E-state index in [4.69, 9.17) is 33.2 Å². The number of unbranched alkanes of at least 4 members (excludes halogenated alkanes) is 3. The van der Waals surface area contributed by atoms with Crippen LogP contribution in [0.2, 0.25) is 0 Å². The molecule has 0 unspecified atom stereocenters. The van der Waals surface area contributed by atoms with Gasteiger partial charge in [0.15, 0.2) is 0 Å². The maximum Gasteiger partial charge on any atom is 0.0488 e. The van der Waals surface area contributed by atoms with E-state index in [1.54, 1.807) is 14.2 Å². The average molecular weight is 436 g/mol. The van der Waals surface area contributed by atoms with E-state index in [0.29, 0.717) is 0 Å². The average Bonchev–Trinajstić information content (AvgIpc) is 2.76. The Morgan fingerprint density at radius 3 is 1.10 bits per heavy atom. The Morgan fingerprint density at radius 1 is 0.367 bits per heavy atom. The molecule has 0 aliphatic heterocycles. The molecule has 0 saturated heterocycles. The molecule has 0 aromatic rings. The number of hydrogen-bond donors (Lipinski definition) is 0. The summed E-state index contributed by atoms with van der Waals surface area (Å²) in [6.07, 6.45) is 10.2. The Kier molecular flexibility index (Phi) is 28.5. The summed E-state index contributed by atoms with van der Waals surface area (Å²) in [5, 5.41) is 0. The molecule has 0 spiro atoms. The van der Waals surface area contributed by atoms with E-state index >= 15 is 0 Å². The van der Waals surface area contributed by atoms with Gasteiger partial charge in [0.2, 0.25) is 0 Å². The van der Waals surface area contributed by atoms with Crippen LogP contribution in [-0.2, 0) is 33.2 Å². The molecule has 0 rings (SSSR count).